The molecule has 2 atom stereocenters. The summed E-state index contributed by atoms with van der Waals surface area (Å²) in [6.45, 7) is 2.44. The Morgan fingerprint density at radius 2 is 1.75 bits per heavy atom. The topological polar surface area (TPSA) is 91.8 Å². The zero-order valence-corrected chi connectivity index (χ0v) is 18.3. The van der Waals surface area contributed by atoms with Crippen molar-refractivity contribution in [3.8, 4) is 11.5 Å². The predicted octanol–water partition coefficient (Wildman–Crippen LogP) is 4.75. The average Bonchev–Trinajstić information content (AvgIpc) is 3.07. The summed E-state index contributed by atoms with van der Waals surface area (Å²) in [4.78, 5) is -0.00830. The molecule has 164 valence electrons. The molecule has 0 amide bonds. The van der Waals surface area contributed by atoms with Crippen molar-refractivity contribution in [1.29, 1.82) is 0 Å². The number of ether oxygens (including phenoxy) is 2. The minimum Gasteiger partial charge on any atom is -0.490 e. The van der Waals surface area contributed by atoms with E-state index in [1.165, 1.54) is 12.1 Å². The van der Waals surface area contributed by atoms with Gasteiger partial charge in [0, 0.05) is 17.9 Å². The maximum Gasteiger partial charge on any atom is 0.238 e. The maximum absolute atomic E-state index is 11.7. The number of hydrogen-bond acceptors (Lipinski definition) is 5. The zero-order valence-electron chi connectivity index (χ0n) is 17.5. The Kier molecular flexibility index (Phi) is 5.15. The molecule has 0 saturated heterocycles. The molecule has 0 bridgehead atoms. The number of furan rings is 1. The molecule has 4 aromatic rings. The fourth-order valence-electron chi connectivity index (χ4n) is 4.25. The van der Waals surface area contributed by atoms with Crippen LogP contribution in [0.1, 0.15) is 29.2 Å². The summed E-state index contributed by atoms with van der Waals surface area (Å²) in [6.07, 6.45) is 0.313. The Hall–Kier alpha value is -3.29. The molecule has 3 aromatic carbocycles. The second-order valence-corrected chi connectivity index (χ2v) is 9.53. The largest absolute Gasteiger partial charge is 0.490 e. The summed E-state index contributed by atoms with van der Waals surface area (Å²) < 4.78 is 42.0. The fraction of sp³-hybridized carbons (Fsp3) is 0.200. The first-order chi connectivity index (χ1) is 15.4. The second-order valence-electron chi connectivity index (χ2n) is 7.97. The molecule has 1 unspecified atom stereocenters. The number of primary sulfonamides is 1. The molecule has 5 rings (SSSR count). The van der Waals surface area contributed by atoms with E-state index in [4.69, 9.17) is 19.0 Å². The van der Waals surface area contributed by atoms with Crippen LogP contribution in [0.4, 0.5) is 0 Å². The lowest BCUT2D eigenvalue weighted by Crippen LogP contribution is -2.27. The quantitative estimate of drug-likeness (QED) is 0.485. The number of sulfonamides is 1. The van der Waals surface area contributed by atoms with E-state index in [1.807, 2.05) is 36.4 Å². The van der Waals surface area contributed by atoms with Crippen molar-refractivity contribution in [3.63, 3.8) is 0 Å². The molecular weight excluding hydrogens is 426 g/mol. The molecule has 0 aliphatic carbocycles. The van der Waals surface area contributed by atoms with E-state index in [9.17, 15) is 8.42 Å². The lowest BCUT2D eigenvalue weighted by atomic mass is 9.86. The molecular formula is C25H23NO5S. The maximum atomic E-state index is 11.7. The molecule has 1 aliphatic heterocycles. The number of benzene rings is 3. The zero-order chi connectivity index (χ0) is 22.3. The van der Waals surface area contributed by atoms with Gasteiger partial charge in [0.05, 0.1) is 17.4 Å². The van der Waals surface area contributed by atoms with Crippen molar-refractivity contribution < 1.29 is 22.3 Å². The molecule has 32 heavy (non-hydrogen) atoms. The monoisotopic (exact) mass is 449 g/mol. The number of rotatable bonds is 4. The Balaban J connectivity index is 1.59. The van der Waals surface area contributed by atoms with Crippen LogP contribution in [0.5, 0.6) is 11.5 Å². The van der Waals surface area contributed by atoms with E-state index in [1.54, 1.807) is 6.07 Å². The van der Waals surface area contributed by atoms with Crippen LogP contribution < -0.4 is 14.6 Å². The van der Waals surface area contributed by atoms with Crippen LogP contribution in [-0.4, -0.2) is 21.1 Å². The van der Waals surface area contributed by atoms with Crippen LogP contribution in [-0.2, 0) is 10.0 Å². The molecule has 2 heterocycles. The first kappa shape index (κ1) is 20.6. The summed E-state index contributed by atoms with van der Waals surface area (Å²) in [5, 5.41) is 6.31. The number of para-hydroxylation sites is 1. The van der Waals surface area contributed by atoms with Gasteiger partial charge in [0.2, 0.25) is 10.0 Å². The van der Waals surface area contributed by atoms with E-state index in [0.717, 1.165) is 27.9 Å². The number of nitrogens with two attached hydrogens (primary N) is 1. The highest BCUT2D eigenvalue weighted by atomic mass is 32.2. The summed E-state index contributed by atoms with van der Waals surface area (Å²) >= 11 is 0. The predicted molar refractivity (Wildman–Crippen MR) is 122 cm³/mol. The SMILES string of the molecule is Cc1ccccc1[C@H](c1cc2ccccc2o1)C1CCOc2cc(S(N)(=O)=O)ccc2O1. The third-order valence-corrected chi connectivity index (χ3v) is 6.74. The first-order valence-electron chi connectivity index (χ1n) is 10.4. The van der Waals surface area contributed by atoms with Gasteiger partial charge in [-0.3, -0.25) is 0 Å². The Morgan fingerprint density at radius 1 is 0.969 bits per heavy atom. The van der Waals surface area contributed by atoms with Crippen molar-refractivity contribution in [1.82, 2.24) is 0 Å². The third kappa shape index (κ3) is 3.85. The van der Waals surface area contributed by atoms with Crippen LogP contribution in [0.2, 0.25) is 0 Å². The Labute approximate surface area is 186 Å². The van der Waals surface area contributed by atoms with Gasteiger partial charge in [-0.15, -0.1) is 0 Å². The smallest absolute Gasteiger partial charge is 0.238 e. The lowest BCUT2D eigenvalue weighted by Gasteiger charge is -2.26. The van der Waals surface area contributed by atoms with Crippen molar-refractivity contribution in [2.45, 2.75) is 30.3 Å². The van der Waals surface area contributed by atoms with Gasteiger partial charge in [-0.25, -0.2) is 13.6 Å². The van der Waals surface area contributed by atoms with Crippen molar-refractivity contribution in [2.75, 3.05) is 6.61 Å². The van der Waals surface area contributed by atoms with Crippen LogP contribution in [0.15, 0.2) is 82.1 Å². The highest BCUT2D eigenvalue weighted by Crippen LogP contribution is 2.41. The highest BCUT2D eigenvalue weighted by molar-refractivity contribution is 7.89. The van der Waals surface area contributed by atoms with Gasteiger partial charge in [0.15, 0.2) is 11.5 Å². The lowest BCUT2D eigenvalue weighted by molar-refractivity contribution is 0.164. The summed E-state index contributed by atoms with van der Waals surface area (Å²) in [5.74, 6) is 1.49. The summed E-state index contributed by atoms with van der Waals surface area (Å²) in [6, 6.07) is 22.6. The van der Waals surface area contributed by atoms with E-state index >= 15 is 0 Å². The van der Waals surface area contributed by atoms with Crippen molar-refractivity contribution >= 4 is 21.0 Å². The summed E-state index contributed by atoms with van der Waals surface area (Å²) in [5.41, 5.74) is 3.07. The molecule has 1 aromatic heterocycles. The van der Waals surface area contributed by atoms with Crippen LogP contribution in [0.25, 0.3) is 11.0 Å². The van der Waals surface area contributed by atoms with Gasteiger partial charge >= 0.3 is 0 Å². The third-order valence-electron chi connectivity index (χ3n) is 5.83. The highest BCUT2D eigenvalue weighted by Gasteiger charge is 2.33. The summed E-state index contributed by atoms with van der Waals surface area (Å²) in [7, 11) is -3.84. The van der Waals surface area contributed by atoms with Gasteiger partial charge in [0.25, 0.3) is 0 Å². The number of hydrogen-bond donors (Lipinski definition) is 1. The molecule has 6 nitrogen and oxygen atoms in total. The molecule has 1 aliphatic rings. The van der Waals surface area contributed by atoms with Crippen LogP contribution in [0.3, 0.4) is 0 Å². The first-order valence-corrected chi connectivity index (χ1v) is 11.9. The molecule has 7 heteroatoms. The van der Waals surface area contributed by atoms with Gasteiger partial charge in [-0.05, 0) is 42.3 Å². The normalized spacial score (nSPS) is 17.1. The molecule has 2 N–H and O–H groups in total. The van der Waals surface area contributed by atoms with Gasteiger partial charge in [-0.1, -0.05) is 42.5 Å². The minimum absolute atomic E-state index is 0.00830. The Morgan fingerprint density at radius 3 is 2.53 bits per heavy atom. The van der Waals surface area contributed by atoms with E-state index < -0.39 is 10.0 Å². The van der Waals surface area contributed by atoms with Gasteiger partial charge in [0.1, 0.15) is 17.4 Å². The van der Waals surface area contributed by atoms with Gasteiger partial charge < -0.3 is 13.9 Å². The second kappa shape index (κ2) is 8.00. The van der Waals surface area contributed by atoms with Crippen LogP contribution >= 0.6 is 0 Å². The van der Waals surface area contributed by atoms with Crippen molar-refractivity contribution in [3.05, 3.63) is 89.7 Å². The fourth-order valence-corrected chi connectivity index (χ4v) is 4.77. The number of fused-ring (bicyclic) bond motifs is 2. The Bertz CT molecular complexity index is 1360. The minimum atomic E-state index is -3.84. The van der Waals surface area contributed by atoms with Gasteiger partial charge in [-0.2, -0.15) is 0 Å². The standard InChI is InChI=1S/C25H23NO5S/c1-16-6-2-4-8-19(16)25(24-14-17-7-3-5-9-20(17)30-24)22-12-13-29-23-15-18(32(26,27)28)10-11-21(23)31-22/h2-11,14-15,22,25H,12-13H2,1H3,(H2,26,27,28)/t22?,25-/m0/s1. The van der Waals surface area contributed by atoms with E-state index in [2.05, 4.69) is 25.1 Å². The average molecular weight is 450 g/mol. The number of aryl methyl sites for hydroxylation is 1. The van der Waals surface area contributed by atoms with Crippen molar-refractivity contribution in [2.24, 2.45) is 5.14 Å². The molecule has 0 saturated carbocycles. The van der Waals surface area contributed by atoms with E-state index in [0.29, 0.717) is 24.5 Å². The molecule has 0 fully saturated rings. The van der Waals surface area contributed by atoms with E-state index in [-0.39, 0.29) is 16.9 Å². The molecule has 0 radical (unpaired) electrons. The molecule has 0 spiro atoms. The van der Waals surface area contributed by atoms with Crippen LogP contribution in [0, 0.1) is 6.92 Å².